The fraction of sp³-hybridized carbons (Fsp3) is 0.846. The van der Waals surface area contributed by atoms with Gasteiger partial charge in [0.1, 0.15) is 5.60 Å². The van der Waals surface area contributed by atoms with Crippen molar-refractivity contribution in [3.63, 3.8) is 0 Å². The van der Waals surface area contributed by atoms with Gasteiger partial charge in [-0.05, 0) is 41.0 Å². The topological polar surface area (TPSA) is 84.9 Å². The Balaban J connectivity index is 2.90. The third-order valence-electron chi connectivity index (χ3n) is 3.49. The summed E-state index contributed by atoms with van der Waals surface area (Å²) in [6, 6.07) is 0. The molecular weight excluding hydrogens is 250 g/mol. The third kappa shape index (κ3) is 3.37. The van der Waals surface area contributed by atoms with E-state index in [-0.39, 0.29) is 6.61 Å². The van der Waals surface area contributed by atoms with E-state index in [1.54, 1.807) is 34.6 Å². The van der Waals surface area contributed by atoms with Gasteiger partial charge in [0.05, 0.1) is 17.6 Å². The van der Waals surface area contributed by atoms with Crippen LogP contribution < -0.4 is 5.32 Å². The molecule has 110 valence electrons. The number of amides is 1. The zero-order chi connectivity index (χ0) is 14.9. The monoisotopic (exact) mass is 273 g/mol. The van der Waals surface area contributed by atoms with Crippen molar-refractivity contribution in [1.82, 2.24) is 5.32 Å². The number of rotatable bonds is 3. The van der Waals surface area contributed by atoms with E-state index in [1.165, 1.54) is 0 Å². The number of carboxylic acids is 1. The minimum Gasteiger partial charge on any atom is -0.481 e. The predicted molar refractivity (Wildman–Crippen MR) is 69.0 cm³/mol. The van der Waals surface area contributed by atoms with Crippen molar-refractivity contribution in [2.24, 2.45) is 5.41 Å². The summed E-state index contributed by atoms with van der Waals surface area (Å²) >= 11 is 0. The molecule has 1 atom stereocenters. The van der Waals surface area contributed by atoms with Crippen LogP contribution in [0.2, 0.25) is 0 Å². The van der Waals surface area contributed by atoms with Crippen molar-refractivity contribution < 1.29 is 24.2 Å². The van der Waals surface area contributed by atoms with Gasteiger partial charge in [-0.2, -0.15) is 0 Å². The maximum atomic E-state index is 11.9. The van der Waals surface area contributed by atoms with Gasteiger partial charge in [-0.15, -0.1) is 0 Å². The first-order valence-corrected chi connectivity index (χ1v) is 6.32. The molecule has 19 heavy (non-hydrogen) atoms. The van der Waals surface area contributed by atoms with Gasteiger partial charge in [0, 0.05) is 6.61 Å². The molecule has 0 saturated carbocycles. The van der Waals surface area contributed by atoms with E-state index < -0.39 is 28.6 Å². The Morgan fingerprint density at radius 3 is 2.21 bits per heavy atom. The van der Waals surface area contributed by atoms with E-state index >= 15 is 0 Å². The molecule has 6 nitrogen and oxygen atoms in total. The normalized spacial score (nSPS) is 24.1. The fourth-order valence-corrected chi connectivity index (χ4v) is 2.02. The molecule has 0 spiro atoms. The molecule has 1 saturated heterocycles. The van der Waals surface area contributed by atoms with Gasteiger partial charge in [-0.3, -0.25) is 4.79 Å². The Morgan fingerprint density at radius 2 is 1.84 bits per heavy atom. The summed E-state index contributed by atoms with van der Waals surface area (Å²) in [5.41, 5.74) is -2.71. The van der Waals surface area contributed by atoms with Crippen molar-refractivity contribution in [1.29, 1.82) is 0 Å². The molecule has 2 N–H and O–H groups in total. The number of aliphatic carboxylic acids is 1. The van der Waals surface area contributed by atoms with Crippen LogP contribution in [0.5, 0.6) is 0 Å². The number of ether oxygens (including phenoxy) is 2. The summed E-state index contributed by atoms with van der Waals surface area (Å²) in [5, 5.41) is 12.1. The van der Waals surface area contributed by atoms with Crippen molar-refractivity contribution in [2.75, 3.05) is 13.2 Å². The molecule has 0 radical (unpaired) electrons. The lowest BCUT2D eigenvalue weighted by molar-refractivity contribution is -0.152. The minimum absolute atomic E-state index is 0.172. The van der Waals surface area contributed by atoms with E-state index in [0.29, 0.717) is 13.0 Å². The Morgan fingerprint density at radius 1 is 1.26 bits per heavy atom. The van der Waals surface area contributed by atoms with Crippen molar-refractivity contribution >= 4 is 12.1 Å². The lowest BCUT2D eigenvalue weighted by Crippen LogP contribution is -2.62. The first-order valence-electron chi connectivity index (χ1n) is 6.32. The van der Waals surface area contributed by atoms with Crippen molar-refractivity contribution in [3.05, 3.63) is 0 Å². The zero-order valence-electron chi connectivity index (χ0n) is 12.2. The van der Waals surface area contributed by atoms with Gasteiger partial charge >= 0.3 is 12.1 Å². The molecule has 0 aliphatic carbocycles. The maximum absolute atomic E-state index is 11.9. The van der Waals surface area contributed by atoms with Gasteiger partial charge in [-0.25, -0.2) is 4.79 Å². The Kier molecular flexibility index (Phi) is 4.14. The Hall–Kier alpha value is -1.30. The first-order chi connectivity index (χ1) is 8.50. The van der Waals surface area contributed by atoms with Gasteiger partial charge in [0.2, 0.25) is 0 Å². The number of carbonyl (C=O) groups is 2. The third-order valence-corrected chi connectivity index (χ3v) is 3.49. The van der Waals surface area contributed by atoms with Crippen LogP contribution in [0, 0.1) is 5.41 Å². The SMILES string of the molecule is CC(C)(C)OC(=O)NC1(C(C)(C)C(=O)O)CCOC1. The zero-order valence-corrected chi connectivity index (χ0v) is 12.2. The molecule has 1 rings (SSSR count). The molecule has 0 bridgehead atoms. The summed E-state index contributed by atoms with van der Waals surface area (Å²) in [4.78, 5) is 23.3. The van der Waals surface area contributed by atoms with Crippen LogP contribution in [-0.4, -0.2) is 41.5 Å². The highest BCUT2D eigenvalue weighted by atomic mass is 16.6. The van der Waals surface area contributed by atoms with E-state index in [4.69, 9.17) is 9.47 Å². The predicted octanol–water partition coefficient (Wildman–Crippen LogP) is 1.78. The summed E-state index contributed by atoms with van der Waals surface area (Å²) < 4.78 is 10.5. The lowest BCUT2D eigenvalue weighted by Gasteiger charge is -2.40. The van der Waals surface area contributed by atoms with E-state index in [1.807, 2.05) is 0 Å². The quantitative estimate of drug-likeness (QED) is 0.818. The summed E-state index contributed by atoms with van der Waals surface area (Å²) in [7, 11) is 0. The fourth-order valence-electron chi connectivity index (χ4n) is 2.02. The van der Waals surface area contributed by atoms with Gasteiger partial charge in [0.15, 0.2) is 0 Å². The number of nitrogens with one attached hydrogen (secondary N) is 1. The highest BCUT2D eigenvalue weighted by molar-refractivity contribution is 5.78. The number of carbonyl (C=O) groups excluding carboxylic acids is 1. The molecule has 0 aromatic heterocycles. The Bertz CT molecular complexity index is 364. The standard InChI is InChI=1S/C13H23NO5/c1-11(2,3)19-10(17)14-13(6-7-18-8-13)12(4,5)9(15)16/h6-8H2,1-5H3,(H,14,17)(H,15,16). The second-order valence-corrected chi connectivity index (χ2v) is 6.44. The van der Waals surface area contributed by atoms with Crippen molar-refractivity contribution in [3.8, 4) is 0 Å². The molecular formula is C13H23NO5. The molecule has 1 amide bonds. The average molecular weight is 273 g/mol. The minimum atomic E-state index is -1.14. The van der Waals surface area contributed by atoms with E-state index in [9.17, 15) is 14.7 Å². The van der Waals surface area contributed by atoms with Crippen molar-refractivity contribution in [2.45, 2.75) is 52.2 Å². The largest absolute Gasteiger partial charge is 0.481 e. The van der Waals surface area contributed by atoms with Crippen LogP contribution in [0.15, 0.2) is 0 Å². The maximum Gasteiger partial charge on any atom is 0.408 e. The molecule has 1 aliphatic heterocycles. The summed E-state index contributed by atoms with van der Waals surface area (Å²) in [5.74, 6) is -0.978. The second kappa shape index (κ2) is 5.00. The molecule has 1 fully saturated rings. The molecule has 0 aromatic rings. The Labute approximate surface area is 113 Å². The van der Waals surface area contributed by atoms with Gasteiger partial charge in [0.25, 0.3) is 0 Å². The number of hydrogen-bond donors (Lipinski definition) is 2. The van der Waals surface area contributed by atoms with E-state index in [0.717, 1.165) is 0 Å². The molecule has 6 heteroatoms. The smallest absolute Gasteiger partial charge is 0.408 e. The highest BCUT2D eigenvalue weighted by Gasteiger charge is 2.54. The van der Waals surface area contributed by atoms with Crippen LogP contribution in [-0.2, 0) is 14.3 Å². The average Bonchev–Trinajstić information content (AvgIpc) is 2.64. The second-order valence-electron chi connectivity index (χ2n) is 6.44. The van der Waals surface area contributed by atoms with Gasteiger partial charge < -0.3 is 19.9 Å². The van der Waals surface area contributed by atoms with Gasteiger partial charge in [-0.1, -0.05) is 0 Å². The van der Waals surface area contributed by atoms with Crippen LogP contribution in [0.4, 0.5) is 4.79 Å². The van der Waals surface area contributed by atoms with Crippen LogP contribution in [0.3, 0.4) is 0 Å². The number of alkyl carbamates (subject to hydrolysis) is 1. The summed E-state index contributed by atoms with van der Waals surface area (Å²) in [6.07, 6.45) is -0.168. The summed E-state index contributed by atoms with van der Waals surface area (Å²) in [6.45, 7) is 9.03. The van der Waals surface area contributed by atoms with Crippen LogP contribution >= 0.6 is 0 Å². The van der Waals surface area contributed by atoms with E-state index in [2.05, 4.69) is 5.32 Å². The van der Waals surface area contributed by atoms with Crippen LogP contribution in [0.25, 0.3) is 0 Å². The number of carboxylic acid groups (broad SMARTS) is 1. The highest BCUT2D eigenvalue weighted by Crippen LogP contribution is 2.38. The lowest BCUT2D eigenvalue weighted by atomic mass is 9.71. The van der Waals surface area contributed by atoms with Crippen LogP contribution in [0.1, 0.15) is 41.0 Å². The molecule has 1 aliphatic rings. The molecule has 1 heterocycles. The molecule has 1 unspecified atom stereocenters. The number of hydrogen-bond acceptors (Lipinski definition) is 4. The molecule has 0 aromatic carbocycles. The first kappa shape index (κ1) is 15.8.